The number of nitrogens with one attached hydrogen (secondary N) is 1. The number of aromatic nitrogens is 2. The number of halogens is 3. The summed E-state index contributed by atoms with van der Waals surface area (Å²) in [5.74, 6) is 0.209. The molecule has 1 N–H and O–H groups in total. The lowest BCUT2D eigenvalue weighted by Gasteiger charge is -2.20. The first-order valence-corrected chi connectivity index (χ1v) is 10.0. The Labute approximate surface area is 170 Å². The summed E-state index contributed by atoms with van der Waals surface area (Å²) in [5, 5.41) is 6.74. The largest absolute Gasteiger partial charge is 0.416 e. The van der Waals surface area contributed by atoms with Crippen molar-refractivity contribution in [3.05, 3.63) is 76.5 Å². The molecule has 1 amide bonds. The quantitative estimate of drug-likeness (QED) is 0.617. The van der Waals surface area contributed by atoms with Crippen molar-refractivity contribution in [2.24, 2.45) is 0 Å². The van der Waals surface area contributed by atoms with Crippen LogP contribution in [0, 0.1) is 13.8 Å². The fourth-order valence-corrected chi connectivity index (χ4v) is 4.78. The minimum absolute atomic E-state index is 0.0544. The van der Waals surface area contributed by atoms with Crippen LogP contribution in [0.5, 0.6) is 0 Å². The number of rotatable bonds is 2. The zero-order chi connectivity index (χ0) is 20.8. The Balaban J connectivity index is 1.93. The number of amides is 1. The number of carbonyl (C=O) groups is 1. The molecule has 150 valence electrons. The summed E-state index contributed by atoms with van der Waals surface area (Å²) in [7, 11) is 0. The van der Waals surface area contributed by atoms with Gasteiger partial charge in [-0.1, -0.05) is 30.3 Å². The minimum Gasteiger partial charge on any atom is -0.310 e. The van der Waals surface area contributed by atoms with Crippen molar-refractivity contribution in [2.75, 3.05) is 11.1 Å². The first kappa shape index (κ1) is 19.6. The fraction of sp³-hybridized carbons (Fsp3) is 0.238. The molecule has 1 atom stereocenters. The topological polar surface area (TPSA) is 46.9 Å². The molecule has 8 heteroatoms. The number of hydrogen-bond acceptors (Lipinski definition) is 3. The lowest BCUT2D eigenvalue weighted by Crippen LogP contribution is -2.15. The van der Waals surface area contributed by atoms with E-state index in [2.05, 4.69) is 10.4 Å². The van der Waals surface area contributed by atoms with Crippen molar-refractivity contribution in [1.82, 2.24) is 9.78 Å². The van der Waals surface area contributed by atoms with Crippen molar-refractivity contribution < 1.29 is 18.0 Å². The van der Waals surface area contributed by atoms with Crippen LogP contribution < -0.4 is 5.32 Å². The van der Waals surface area contributed by atoms with Crippen molar-refractivity contribution >= 4 is 23.5 Å². The summed E-state index contributed by atoms with van der Waals surface area (Å²) in [6.45, 7) is 3.70. The number of nitrogens with zero attached hydrogens (tertiary/aromatic N) is 2. The number of aryl methyl sites for hydroxylation is 2. The lowest BCUT2D eigenvalue weighted by molar-refractivity contribution is -0.138. The van der Waals surface area contributed by atoms with Crippen LogP contribution >= 0.6 is 11.8 Å². The highest BCUT2D eigenvalue weighted by Crippen LogP contribution is 2.47. The SMILES string of the molecule is Cc1cccc(-n2nc(C)c3c2NC(=O)CS[C@@H]3c2ccccc2C(F)(F)F)c1. The molecular weight excluding hydrogens is 399 g/mol. The van der Waals surface area contributed by atoms with E-state index in [0.717, 1.165) is 17.3 Å². The van der Waals surface area contributed by atoms with Crippen LogP contribution in [0.4, 0.5) is 19.0 Å². The molecule has 1 aliphatic heterocycles. The molecule has 0 radical (unpaired) electrons. The first-order valence-electron chi connectivity index (χ1n) is 9.00. The van der Waals surface area contributed by atoms with E-state index in [1.165, 1.54) is 23.9 Å². The molecule has 3 aromatic rings. The Morgan fingerprint density at radius 2 is 1.90 bits per heavy atom. The summed E-state index contributed by atoms with van der Waals surface area (Å²) in [5.41, 5.74) is 2.37. The zero-order valence-corrected chi connectivity index (χ0v) is 16.6. The van der Waals surface area contributed by atoms with Gasteiger partial charge in [-0.3, -0.25) is 4.79 Å². The van der Waals surface area contributed by atoms with Gasteiger partial charge in [-0.05, 0) is 43.2 Å². The van der Waals surface area contributed by atoms with Gasteiger partial charge in [-0.25, -0.2) is 4.68 Å². The second-order valence-corrected chi connectivity index (χ2v) is 8.02. The van der Waals surface area contributed by atoms with Crippen LogP contribution in [0.25, 0.3) is 5.69 Å². The number of thioether (sulfide) groups is 1. The average molecular weight is 417 g/mol. The average Bonchev–Trinajstić information content (AvgIpc) is 2.87. The molecule has 0 bridgehead atoms. The van der Waals surface area contributed by atoms with E-state index in [1.54, 1.807) is 17.7 Å². The Bertz CT molecular complexity index is 1090. The molecule has 0 unspecified atom stereocenters. The van der Waals surface area contributed by atoms with Gasteiger partial charge in [0.15, 0.2) is 0 Å². The maximum atomic E-state index is 13.7. The van der Waals surface area contributed by atoms with E-state index in [4.69, 9.17) is 0 Å². The Hall–Kier alpha value is -2.74. The van der Waals surface area contributed by atoms with E-state index >= 15 is 0 Å². The molecule has 0 aliphatic carbocycles. The first-order chi connectivity index (χ1) is 13.8. The van der Waals surface area contributed by atoms with E-state index in [0.29, 0.717) is 17.1 Å². The molecule has 4 nitrogen and oxygen atoms in total. The lowest BCUT2D eigenvalue weighted by atomic mass is 9.98. The van der Waals surface area contributed by atoms with Gasteiger partial charge in [0.25, 0.3) is 0 Å². The van der Waals surface area contributed by atoms with Gasteiger partial charge in [-0.15, -0.1) is 11.8 Å². The molecule has 0 fully saturated rings. The number of benzene rings is 2. The van der Waals surface area contributed by atoms with E-state index in [-0.39, 0.29) is 17.2 Å². The number of alkyl halides is 3. The summed E-state index contributed by atoms with van der Waals surface area (Å²) >= 11 is 1.18. The van der Waals surface area contributed by atoms with E-state index < -0.39 is 17.0 Å². The van der Waals surface area contributed by atoms with Crippen molar-refractivity contribution in [2.45, 2.75) is 25.3 Å². The predicted molar refractivity (Wildman–Crippen MR) is 107 cm³/mol. The van der Waals surface area contributed by atoms with Crippen LogP contribution in [0.15, 0.2) is 48.5 Å². The van der Waals surface area contributed by atoms with Crippen LogP contribution in [0.2, 0.25) is 0 Å². The molecule has 29 heavy (non-hydrogen) atoms. The highest BCUT2D eigenvalue weighted by atomic mass is 32.2. The van der Waals surface area contributed by atoms with Crippen LogP contribution in [-0.2, 0) is 11.0 Å². The second-order valence-electron chi connectivity index (χ2n) is 6.92. The Kier molecular flexibility index (Phi) is 4.90. The smallest absolute Gasteiger partial charge is 0.310 e. The molecule has 1 aliphatic rings. The van der Waals surface area contributed by atoms with Gasteiger partial charge in [0.05, 0.1) is 27.9 Å². The summed E-state index contributed by atoms with van der Waals surface area (Å²) in [4.78, 5) is 12.4. The summed E-state index contributed by atoms with van der Waals surface area (Å²) < 4.78 is 42.6. The van der Waals surface area contributed by atoms with Gasteiger partial charge < -0.3 is 5.32 Å². The molecule has 0 saturated carbocycles. The number of anilines is 1. The Morgan fingerprint density at radius 1 is 1.14 bits per heavy atom. The number of hydrogen-bond donors (Lipinski definition) is 1. The van der Waals surface area contributed by atoms with Crippen LogP contribution in [-0.4, -0.2) is 21.4 Å². The summed E-state index contributed by atoms with van der Waals surface area (Å²) in [6, 6.07) is 13.1. The van der Waals surface area contributed by atoms with E-state index in [9.17, 15) is 18.0 Å². The highest BCUT2D eigenvalue weighted by Gasteiger charge is 2.38. The van der Waals surface area contributed by atoms with Gasteiger partial charge in [0.1, 0.15) is 5.82 Å². The van der Waals surface area contributed by atoms with Crippen molar-refractivity contribution in [1.29, 1.82) is 0 Å². The number of carbonyl (C=O) groups excluding carboxylic acids is 1. The molecular formula is C21H18F3N3OS. The predicted octanol–water partition coefficient (Wildman–Crippen LogP) is 5.28. The maximum absolute atomic E-state index is 13.7. The molecule has 2 aromatic carbocycles. The van der Waals surface area contributed by atoms with Crippen molar-refractivity contribution in [3.8, 4) is 5.69 Å². The monoisotopic (exact) mass is 417 g/mol. The molecule has 0 spiro atoms. The van der Waals surface area contributed by atoms with Gasteiger partial charge in [0.2, 0.25) is 5.91 Å². The third-order valence-electron chi connectivity index (χ3n) is 4.80. The standard InChI is InChI=1S/C21H18F3N3OS/c1-12-6-5-7-14(10-12)27-20-18(13(2)26-27)19(29-11-17(28)25-20)15-8-3-4-9-16(15)21(22,23)24/h3-10,19H,11H2,1-2H3,(H,25,28)/t19-/m1/s1. The highest BCUT2D eigenvalue weighted by molar-refractivity contribution is 8.00. The minimum atomic E-state index is -4.48. The van der Waals surface area contributed by atoms with Gasteiger partial charge in [0, 0.05) is 5.56 Å². The zero-order valence-electron chi connectivity index (χ0n) is 15.7. The molecule has 1 aromatic heterocycles. The van der Waals surface area contributed by atoms with Gasteiger partial charge in [-0.2, -0.15) is 18.3 Å². The molecule has 0 saturated heterocycles. The maximum Gasteiger partial charge on any atom is 0.416 e. The molecule has 4 rings (SSSR count). The van der Waals surface area contributed by atoms with Crippen LogP contribution in [0.3, 0.4) is 0 Å². The third-order valence-corrected chi connectivity index (χ3v) is 6.05. The second kappa shape index (κ2) is 7.26. The molecule has 2 heterocycles. The van der Waals surface area contributed by atoms with E-state index in [1.807, 2.05) is 31.2 Å². The fourth-order valence-electron chi connectivity index (χ4n) is 3.56. The van der Waals surface area contributed by atoms with Crippen LogP contribution in [0.1, 0.15) is 33.2 Å². The normalized spacial score (nSPS) is 16.9. The number of fused-ring (bicyclic) bond motifs is 1. The Morgan fingerprint density at radius 3 is 2.62 bits per heavy atom. The summed E-state index contributed by atoms with van der Waals surface area (Å²) in [6.07, 6.45) is -4.48. The van der Waals surface area contributed by atoms with Gasteiger partial charge >= 0.3 is 6.18 Å². The third kappa shape index (κ3) is 3.64. The van der Waals surface area contributed by atoms with Crippen molar-refractivity contribution in [3.63, 3.8) is 0 Å².